The highest BCUT2D eigenvalue weighted by molar-refractivity contribution is 5.79. The highest BCUT2D eigenvalue weighted by Crippen LogP contribution is 2.15. The van der Waals surface area contributed by atoms with E-state index in [1.54, 1.807) is 13.2 Å². The van der Waals surface area contributed by atoms with Crippen LogP contribution < -0.4 is 15.4 Å². The predicted molar refractivity (Wildman–Crippen MR) is 108 cm³/mol. The fourth-order valence-corrected chi connectivity index (χ4v) is 2.64. The number of rotatable bonds is 8. The van der Waals surface area contributed by atoms with Crippen molar-refractivity contribution in [2.24, 2.45) is 4.99 Å². The van der Waals surface area contributed by atoms with Crippen LogP contribution in [0, 0.1) is 0 Å². The normalized spacial score (nSPS) is 11.2. The molecule has 1 aromatic carbocycles. The standard InChI is InChI=1S/C21H25N5O/c1-22-21(24-12-15-26-13-5-6-14-26)25-16-19-10-7-11-23-20(19)27-17-18-8-3-2-4-9-18/h2-11,13-14H,12,15-17H2,1H3,(H2,22,24,25). The Bertz CT molecular complexity index is 831. The third-order valence-corrected chi connectivity index (χ3v) is 4.07. The maximum atomic E-state index is 5.90. The number of benzene rings is 1. The predicted octanol–water partition coefficient (Wildman–Crippen LogP) is 2.83. The van der Waals surface area contributed by atoms with Gasteiger partial charge in [-0.15, -0.1) is 0 Å². The van der Waals surface area contributed by atoms with Crippen LogP contribution in [0.3, 0.4) is 0 Å². The molecule has 0 radical (unpaired) electrons. The number of nitrogens with one attached hydrogen (secondary N) is 2. The molecule has 27 heavy (non-hydrogen) atoms. The third kappa shape index (κ3) is 5.88. The summed E-state index contributed by atoms with van der Waals surface area (Å²) >= 11 is 0. The highest BCUT2D eigenvalue weighted by Gasteiger charge is 2.06. The van der Waals surface area contributed by atoms with Crippen molar-refractivity contribution in [1.82, 2.24) is 20.2 Å². The molecule has 0 spiro atoms. The number of nitrogens with zero attached hydrogens (tertiary/aromatic N) is 3. The maximum Gasteiger partial charge on any atom is 0.218 e. The average molecular weight is 363 g/mol. The molecule has 3 rings (SSSR count). The lowest BCUT2D eigenvalue weighted by molar-refractivity contribution is 0.290. The Morgan fingerprint density at radius 1 is 1.04 bits per heavy atom. The molecule has 0 saturated heterocycles. The summed E-state index contributed by atoms with van der Waals surface area (Å²) in [5, 5.41) is 6.63. The fraction of sp³-hybridized carbons (Fsp3) is 0.238. The quantitative estimate of drug-likeness (QED) is 0.477. The van der Waals surface area contributed by atoms with Gasteiger partial charge in [0, 0.05) is 50.8 Å². The number of aromatic nitrogens is 2. The van der Waals surface area contributed by atoms with Crippen molar-refractivity contribution in [3.63, 3.8) is 0 Å². The molecule has 0 bridgehead atoms. The minimum Gasteiger partial charge on any atom is -0.473 e. The summed E-state index contributed by atoms with van der Waals surface area (Å²) in [7, 11) is 1.76. The molecule has 2 N–H and O–H groups in total. The molecule has 0 atom stereocenters. The molecule has 0 aliphatic carbocycles. The Hall–Kier alpha value is -3.28. The second-order valence-corrected chi connectivity index (χ2v) is 6.02. The van der Waals surface area contributed by atoms with E-state index in [9.17, 15) is 0 Å². The zero-order valence-corrected chi connectivity index (χ0v) is 15.5. The number of ether oxygens (including phenoxy) is 1. The first-order valence-corrected chi connectivity index (χ1v) is 9.01. The molecule has 0 amide bonds. The van der Waals surface area contributed by atoms with Crippen molar-refractivity contribution >= 4 is 5.96 Å². The van der Waals surface area contributed by atoms with Gasteiger partial charge in [0.1, 0.15) is 6.61 Å². The third-order valence-electron chi connectivity index (χ3n) is 4.07. The van der Waals surface area contributed by atoms with Crippen LogP contribution in [0.1, 0.15) is 11.1 Å². The number of hydrogen-bond acceptors (Lipinski definition) is 3. The zero-order valence-electron chi connectivity index (χ0n) is 15.5. The van der Waals surface area contributed by atoms with Gasteiger partial charge in [-0.2, -0.15) is 0 Å². The Kier molecular flexibility index (Phi) is 6.86. The van der Waals surface area contributed by atoms with Crippen LogP contribution in [0.2, 0.25) is 0 Å². The smallest absolute Gasteiger partial charge is 0.218 e. The van der Waals surface area contributed by atoms with Crippen LogP contribution >= 0.6 is 0 Å². The first-order chi connectivity index (χ1) is 13.3. The van der Waals surface area contributed by atoms with Crippen molar-refractivity contribution in [1.29, 1.82) is 0 Å². The summed E-state index contributed by atoms with van der Waals surface area (Å²) in [6, 6.07) is 18.0. The minimum atomic E-state index is 0.495. The topological polar surface area (TPSA) is 63.5 Å². The van der Waals surface area contributed by atoms with Crippen molar-refractivity contribution in [3.8, 4) is 5.88 Å². The van der Waals surface area contributed by atoms with Crippen LogP contribution in [-0.2, 0) is 19.7 Å². The SMILES string of the molecule is CN=C(NCCn1cccc1)NCc1cccnc1OCc1ccccc1. The van der Waals surface area contributed by atoms with Gasteiger partial charge >= 0.3 is 0 Å². The van der Waals surface area contributed by atoms with Gasteiger partial charge in [0.05, 0.1) is 0 Å². The molecule has 0 aliphatic rings. The molecule has 0 unspecified atom stereocenters. The van der Waals surface area contributed by atoms with Crippen molar-refractivity contribution in [2.45, 2.75) is 19.7 Å². The van der Waals surface area contributed by atoms with E-state index in [0.29, 0.717) is 19.0 Å². The highest BCUT2D eigenvalue weighted by atomic mass is 16.5. The summed E-state index contributed by atoms with van der Waals surface area (Å²) in [5.41, 5.74) is 2.10. The van der Waals surface area contributed by atoms with Crippen LogP contribution in [0.4, 0.5) is 0 Å². The molecule has 0 saturated carbocycles. The van der Waals surface area contributed by atoms with E-state index >= 15 is 0 Å². The van der Waals surface area contributed by atoms with Gasteiger partial charge in [0.2, 0.25) is 5.88 Å². The first-order valence-electron chi connectivity index (χ1n) is 9.01. The van der Waals surface area contributed by atoms with E-state index in [1.807, 2.05) is 67.0 Å². The van der Waals surface area contributed by atoms with E-state index in [-0.39, 0.29) is 0 Å². The Labute approximate surface area is 159 Å². The zero-order chi connectivity index (χ0) is 18.7. The molecule has 2 heterocycles. The molecular formula is C21H25N5O. The summed E-state index contributed by atoms with van der Waals surface area (Å²) < 4.78 is 8.03. The lowest BCUT2D eigenvalue weighted by Gasteiger charge is -2.14. The van der Waals surface area contributed by atoms with Gasteiger partial charge in [-0.1, -0.05) is 36.4 Å². The molecule has 6 heteroatoms. The van der Waals surface area contributed by atoms with Gasteiger partial charge in [0.25, 0.3) is 0 Å². The van der Waals surface area contributed by atoms with Crippen molar-refractivity contribution < 1.29 is 4.74 Å². The summed E-state index contributed by atoms with van der Waals surface area (Å²) in [4.78, 5) is 8.64. The number of pyridine rings is 1. The minimum absolute atomic E-state index is 0.495. The number of aliphatic imine (C=N–C) groups is 1. The Balaban J connectivity index is 1.50. The maximum absolute atomic E-state index is 5.90. The number of guanidine groups is 1. The Morgan fingerprint density at radius 3 is 2.63 bits per heavy atom. The van der Waals surface area contributed by atoms with Crippen LogP contribution in [-0.4, -0.2) is 29.1 Å². The van der Waals surface area contributed by atoms with Gasteiger partial charge in [-0.05, 0) is 23.8 Å². The molecule has 6 nitrogen and oxygen atoms in total. The van der Waals surface area contributed by atoms with Crippen molar-refractivity contribution in [2.75, 3.05) is 13.6 Å². The largest absolute Gasteiger partial charge is 0.473 e. The lowest BCUT2D eigenvalue weighted by Crippen LogP contribution is -2.38. The van der Waals surface area contributed by atoms with Crippen LogP contribution in [0.25, 0.3) is 0 Å². The molecule has 0 fully saturated rings. The van der Waals surface area contributed by atoms with Gasteiger partial charge in [0.15, 0.2) is 5.96 Å². The van der Waals surface area contributed by atoms with E-state index in [4.69, 9.17) is 4.74 Å². The lowest BCUT2D eigenvalue weighted by atomic mass is 10.2. The van der Waals surface area contributed by atoms with E-state index in [0.717, 1.165) is 30.2 Å². The van der Waals surface area contributed by atoms with E-state index < -0.39 is 0 Å². The van der Waals surface area contributed by atoms with Crippen LogP contribution in [0.15, 0.2) is 78.2 Å². The van der Waals surface area contributed by atoms with E-state index in [1.165, 1.54) is 0 Å². The molecule has 0 aliphatic heterocycles. The van der Waals surface area contributed by atoms with Crippen molar-refractivity contribution in [3.05, 3.63) is 84.3 Å². The average Bonchev–Trinajstić information content (AvgIpc) is 3.24. The molecule has 3 aromatic rings. The molecule has 2 aromatic heterocycles. The summed E-state index contributed by atoms with van der Waals surface area (Å²) in [5.74, 6) is 1.39. The molecular weight excluding hydrogens is 338 g/mol. The fourth-order valence-electron chi connectivity index (χ4n) is 2.64. The van der Waals surface area contributed by atoms with Gasteiger partial charge < -0.3 is 19.9 Å². The summed E-state index contributed by atoms with van der Waals surface area (Å²) in [6.07, 6.45) is 5.84. The van der Waals surface area contributed by atoms with Gasteiger partial charge in [-0.3, -0.25) is 4.99 Å². The monoisotopic (exact) mass is 363 g/mol. The first kappa shape index (κ1) is 18.5. The number of hydrogen-bond donors (Lipinski definition) is 2. The second-order valence-electron chi connectivity index (χ2n) is 6.02. The Morgan fingerprint density at radius 2 is 1.85 bits per heavy atom. The second kappa shape index (κ2) is 10.0. The molecule has 140 valence electrons. The van der Waals surface area contributed by atoms with Crippen LogP contribution in [0.5, 0.6) is 5.88 Å². The van der Waals surface area contributed by atoms with Gasteiger partial charge in [-0.25, -0.2) is 4.98 Å². The summed E-state index contributed by atoms with van der Waals surface area (Å²) in [6.45, 7) is 2.75. The van der Waals surface area contributed by atoms with E-state index in [2.05, 4.69) is 25.2 Å².